The van der Waals surface area contributed by atoms with Gasteiger partial charge in [0.25, 0.3) is 5.91 Å². The van der Waals surface area contributed by atoms with Gasteiger partial charge in [0.05, 0.1) is 5.92 Å². The van der Waals surface area contributed by atoms with Crippen LogP contribution in [0.5, 0.6) is 0 Å². The van der Waals surface area contributed by atoms with Crippen molar-refractivity contribution >= 4 is 11.9 Å². The van der Waals surface area contributed by atoms with Gasteiger partial charge in [0, 0.05) is 18.7 Å². The third kappa shape index (κ3) is 2.37. The van der Waals surface area contributed by atoms with Crippen molar-refractivity contribution in [2.75, 3.05) is 13.1 Å². The summed E-state index contributed by atoms with van der Waals surface area (Å²) in [5, 5.41) is 8.94. The number of benzene rings is 1. The van der Waals surface area contributed by atoms with Gasteiger partial charge in [0.2, 0.25) is 0 Å². The molecule has 1 aromatic carbocycles. The number of carbonyl (C=O) groups is 2. The summed E-state index contributed by atoms with van der Waals surface area (Å²) in [6.45, 7) is 4.70. The molecule has 1 fully saturated rings. The lowest BCUT2D eigenvalue weighted by atomic mass is 10.0. The van der Waals surface area contributed by atoms with Crippen LogP contribution in [-0.2, 0) is 4.79 Å². The lowest BCUT2D eigenvalue weighted by Gasteiger charge is -2.17. The molecule has 0 aromatic heterocycles. The van der Waals surface area contributed by atoms with Crippen LogP contribution < -0.4 is 0 Å². The molecule has 96 valence electrons. The maximum Gasteiger partial charge on any atom is 0.308 e. The van der Waals surface area contributed by atoms with Crippen molar-refractivity contribution in [2.45, 2.75) is 20.3 Å². The van der Waals surface area contributed by atoms with Crippen molar-refractivity contribution in [1.82, 2.24) is 4.90 Å². The van der Waals surface area contributed by atoms with Crippen molar-refractivity contribution in [2.24, 2.45) is 5.92 Å². The lowest BCUT2D eigenvalue weighted by molar-refractivity contribution is -0.141. The minimum atomic E-state index is -0.814. The van der Waals surface area contributed by atoms with E-state index in [1.54, 1.807) is 4.90 Å². The van der Waals surface area contributed by atoms with Gasteiger partial charge < -0.3 is 10.0 Å². The highest BCUT2D eigenvalue weighted by Crippen LogP contribution is 2.21. The zero-order valence-electron chi connectivity index (χ0n) is 10.6. The molecule has 2 rings (SSSR count). The Morgan fingerprint density at radius 3 is 2.67 bits per heavy atom. The Morgan fingerprint density at radius 1 is 1.33 bits per heavy atom. The highest BCUT2D eigenvalue weighted by molar-refractivity contribution is 5.96. The summed E-state index contributed by atoms with van der Waals surface area (Å²) in [4.78, 5) is 24.8. The van der Waals surface area contributed by atoms with Crippen LogP contribution in [0.2, 0.25) is 0 Å². The van der Waals surface area contributed by atoms with Crippen molar-refractivity contribution in [3.63, 3.8) is 0 Å². The molecule has 1 atom stereocenters. The minimum Gasteiger partial charge on any atom is -0.481 e. The molecule has 0 unspecified atom stereocenters. The summed E-state index contributed by atoms with van der Waals surface area (Å²) in [7, 11) is 0. The van der Waals surface area contributed by atoms with Crippen LogP contribution in [0.4, 0.5) is 0 Å². The Balaban J connectivity index is 2.17. The van der Waals surface area contributed by atoms with Gasteiger partial charge in [0.1, 0.15) is 0 Å². The highest BCUT2D eigenvalue weighted by Gasteiger charge is 2.31. The smallest absolute Gasteiger partial charge is 0.308 e. The molecule has 1 aromatic rings. The Kier molecular flexibility index (Phi) is 3.36. The van der Waals surface area contributed by atoms with Crippen molar-refractivity contribution in [1.29, 1.82) is 0 Å². The Hall–Kier alpha value is -1.84. The monoisotopic (exact) mass is 247 g/mol. The van der Waals surface area contributed by atoms with Gasteiger partial charge >= 0.3 is 5.97 Å². The summed E-state index contributed by atoms with van der Waals surface area (Å²) in [6, 6.07) is 5.76. The normalized spacial score (nSPS) is 19.0. The number of amides is 1. The van der Waals surface area contributed by atoms with Crippen LogP contribution in [0, 0.1) is 19.8 Å². The number of rotatable bonds is 2. The molecule has 1 saturated heterocycles. The molecule has 1 amide bonds. The summed E-state index contributed by atoms with van der Waals surface area (Å²) < 4.78 is 0. The van der Waals surface area contributed by atoms with E-state index in [1.807, 2.05) is 32.0 Å². The average Bonchev–Trinajstić information content (AvgIpc) is 2.81. The quantitative estimate of drug-likeness (QED) is 0.867. The summed E-state index contributed by atoms with van der Waals surface area (Å²) in [6.07, 6.45) is 0.548. The minimum absolute atomic E-state index is 0.0556. The van der Waals surface area contributed by atoms with Crippen molar-refractivity contribution in [3.05, 3.63) is 34.9 Å². The molecule has 0 bridgehead atoms. The second-order valence-corrected chi connectivity index (χ2v) is 4.89. The zero-order valence-corrected chi connectivity index (χ0v) is 10.6. The fourth-order valence-corrected chi connectivity index (χ4v) is 2.28. The van der Waals surface area contributed by atoms with Gasteiger partial charge in [-0.25, -0.2) is 0 Å². The molecule has 1 aliphatic rings. The number of nitrogens with zero attached hydrogens (tertiary/aromatic N) is 1. The third-order valence-corrected chi connectivity index (χ3v) is 3.45. The van der Waals surface area contributed by atoms with Gasteiger partial charge in [-0.15, -0.1) is 0 Å². The first-order chi connectivity index (χ1) is 8.49. The van der Waals surface area contributed by atoms with Gasteiger partial charge in [0.15, 0.2) is 0 Å². The molecule has 0 saturated carbocycles. The number of hydrogen-bond acceptors (Lipinski definition) is 2. The predicted molar refractivity (Wildman–Crippen MR) is 67.6 cm³/mol. The molecule has 18 heavy (non-hydrogen) atoms. The Labute approximate surface area is 106 Å². The number of likely N-dealkylation sites (tertiary alicyclic amines) is 1. The first kappa shape index (κ1) is 12.6. The second kappa shape index (κ2) is 4.80. The van der Waals surface area contributed by atoms with E-state index in [0.717, 1.165) is 11.1 Å². The van der Waals surface area contributed by atoms with Gasteiger partial charge in [-0.05, 0) is 31.9 Å². The van der Waals surface area contributed by atoms with E-state index >= 15 is 0 Å². The molecule has 4 nitrogen and oxygen atoms in total. The van der Waals surface area contributed by atoms with Crippen LogP contribution in [0.1, 0.15) is 27.9 Å². The number of carboxylic acid groups (broad SMARTS) is 1. The van der Waals surface area contributed by atoms with Crippen LogP contribution in [0.25, 0.3) is 0 Å². The van der Waals surface area contributed by atoms with E-state index in [-0.39, 0.29) is 5.91 Å². The topological polar surface area (TPSA) is 57.6 Å². The number of carboxylic acids is 1. The largest absolute Gasteiger partial charge is 0.481 e. The van der Waals surface area contributed by atoms with Gasteiger partial charge in [-0.3, -0.25) is 9.59 Å². The maximum atomic E-state index is 12.3. The van der Waals surface area contributed by atoms with Crippen LogP contribution in [0.3, 0.4) is 0 Å². The summed E-state index contributed by atoms with van der Waals surface area (Å²) >= 11 is 0. The molecule has 0 radical (unpaired) electrons. The first-order valence-corrected chi connectivity index (χ1v) is 6.08. The van der Waals surface area contributed by atoms with Gasteiger partial charge in [-0.1, -0.05) is 17.7 Å². The number of aliphatic carboxylic acids is 1. The van der Waals surface area contributed by atoms with Crippen LogP contribution in [0.15, 0.2) is 18.2 Å². The maximum absolute atomic E-state index is 12.3. The number of aryl methyl sites for hydroxylation is 2. The van der Waals surface area contributed by atoms with Crippen LogP contribution in [-0.4, -0.2) is 35.0 Å². The van der Waals surface area contributed by atoms with Crippen molar-refractivity contribution in [3.8, 4) is 0 Å². The predicted octanol–water partition coefficient (Wildman–Crippen LogP) is 1.85. The molecule has 1 aliphatic heterocycles. The molecule has 0 spiro atoms. The summed E-state index contributed by atoms with van der Waals surface area (Å²) in [5.41, 5.74) is 2.66. The second-order valence-electron chi connectivity index (χ2n) is 4.89. The first-order valence-electron chi connectivity index (χ1n) is 6.08. The zero-order chi connectivity index (χ0) is 13.3. The molecule has 0 aliphatic carbocycles. The van der Waals surface area contributed by atoms with E-state index in [9.17, 15) is 9.59 Å². The fraction of sp³-hybridized carbons (Fsp3) is 0.429. The van der Waals surface area contributed by atoms with E-state index in [0.29, 0.717) is 25.1 Å². The van der Waals surface area contributed by atoms with E-state index in [4.69, 9.17) is 5.11 Å². The van der Waals surface area contributed by atoms with Crippen LogP contribution >= 0.6 is 0 Å². The summed E-state index contributed by atoms with van der Waals surface area (Å²) in [5.74, 6) is -1.29. The number of hydrogen-bond donors (Lipinski definition) is 1. The molecular weight excluding hydrogens is 230 g/mol. The number of carbonyl (C=O) groups excluding carboxylic acids is 1. The van der Waals surface area contributed by atoms with E-state index < -0.39 is 11.9 Å². The standard InChI is InChI=1S/C14H17NO3/c1-9-3-4-10(2)12(7-9)13(16)15-6-5-11(8-15)14(17)18/h3-4,7,11H,5-6,8H2,1-2H3,(H,17,18)/t11-/m0/s1. The fourth-order valence-electron chi connectivity index (χ4n) is 2.28. The van der Waals surface area contributed by atoms with E-state index in [2.05, 4.69) is 0 Å². The van der Waals surface area contributed by atoms with Crippen molar-refractivity contribution < 1.29 is 14.7 Å². The SMILES string of the molecule is Cc1ccc(C)c(C(=O)N2CC[C@H](C(=O)O)C2)c1. The Morgan fingerprint density at radius 2 is 2.06 bits per heavy atom. The lowest BCUT2D eigenvalue weighted by Crippen LogP contribution is -2.30. The molecular formula is C14H17NO3. The third-order valence-electron chi connectivity index (χ3n) is 3.45. The molecule has 1 heterocycles. The Bertz CT molecular complexity index is 496. The van der Waals surface area contributed by atoms with Gasteiger partial charge in [-0.2, -0.15) is 0 Å². The van der Waals surface area contributed by atoms with E-state index in [1.165, 1.54) is 0 Å². The molecule has 1 N–H and O–H groups in total. The average molecular weight is 247 g/mol. The molecule has 4 heteroatoms. The highest BCUT2D eigenvalue weighted by atomic mass is 16.4.